The van der Waals surface area contributed by atoms with Crippen molar-refractivity contribution in [3.05, 3.63) is 35.1 Å². The quantitative estimate of drug-likeness (QED) is 0.830. The molecule has 1 saturated heterocycles. The number of fused-ring (bicyclic) bond motifs is 1. The third kappa shape index (κ3) is 2.64. The van der Waals surface area contributed by atoms with E-state index in [9.17, 15) is 18.8 Å². The molecule has 128 valence electrons. The van der Waals surface area contributed by atoms with Gasteiger partial charge in [-0.05, 0) is 50.5 Å². The number of ether oxygens (including phenoxy) is 1. The van der Waals surface area contributed by atoms with E-state index in [1.54, 1.807) is 11.0 Å². The van der Waals surface area contributed by atoms with Crippen LogP contribution in [0.15, 0.2) is 18.2 Å². The summed E-state index contributed by atoms with van der Waals surface area (Å²) in [5.74, 6) is -1.24. The standard InChI is InChI=1S/C17H19FN2O4/c1-10-13-8-12(18)5-4-11(13)6-7-19(10)14(21)9-20-15(22)17(2,3)24-16(20)23/h4-5,8,10H,6-7,9H2,1-3H3/t10-/m0/s1. The number of imide groups is 1. The molecular formula is C17H19FN2O4. The van der Waals surface area contributed by atoms with Crippen molar-refractivity contribution in [2.45, 2.75) is 38.8 Å². The third-order valence-electron chi connectivity index (χ3n) is 4.58. The van der Waals surface area contributed by atoms with E-state index in [0.29, 0.717) is 13.0 Å². The van der Waals surface area contributed by atoms with Crippen LogP contribution in [0.3, 0.4) is 0 Å². The molecule has 1 fully saturated rings. The van der Waals surface area contributed by atoms with Gasteiger partial charge in [-0.15, -0.1) is 0 Å². The first-order chi connectivity index (χ1) is 11.2. The third-order valence-corrected chi connectivity index (χ3v) is 4.58. The molecule has 3 amide bonds. The average molecular weight is 334 g/mol. The summed E-state index contributed by atoms with van der Waals surface area (Å²) in [5.41, 5.74) is 0.511. The molecule has 2 aliphatic rings. The van der Waals surface area contributed by atoms with Crippen molar-refractivity contribution in [3.8, 4) is 0 Å². The largest absolute Gasteiger partial charge is 0.433 e. The van der Waals surface area contributed by atoms with Crippen LogP contribution in [0, 0.1) is 5.82 Å². The highest BCUT2D eigenvalue weighted by Gasteiger charge is 2.48. The Kier molecular flexibility index (Phi) is 3.81. The minimum absolute atomic E-state index is 0.321. The molecule has 1 atom stereocenters. The Labute approximate surface area is 139 Å². The van der Waals surface area contributed by atoms with Crippen LogP contribution in [0.4, 0.5) is 9.18 Å². The van der Waals surface area contributed by atoms with Gasteiger partial charge in [0.15, 0.2) is 5.60 Å². The Bertz CT molecular complexity index is 731. The van der Waals surface area contributed by atoms with Crippen molar-refractivity contribution in [1.82, 2.24) is 9.80 Å². The van der Waals surface area contributed by atoms with Crippen LogP contribution in [0.5, 0.6) is 0 Å². The summed E-state index contributed by atoms with van der Waals surface area (Å²) in [4.78, 5) is 38.9. The fourth-order valence-corrected chi connectivity index (χ4v) is 3.21. The summed E-state index contributed by atoms with van der Waals surface area (Å²) in [6.45, 7) is 4.87. The maximum absolute atomic E-state index is 13.5. The Balaban J connectivity index is 1.77. The summed E-state index contributed by atoms with van der Waals surface area (Å²) in [6.07, 6.45) is -0.204. The van der Waals surface area contributed by atoms with Gasteiger partial charge in [0.05, 0.1) is 6.04 Å². The average Bonchev–Trinajstić information content (AvgIpc) is 2.70. The fourth-order valence-electron chi connectivity index (χ4n) is 3.21. The zero-order valence-corrected chi connectivity index (χ0v) is 13.8. The minimum atomic E-state index is -1.25. The van der Waals surface area contributed by atoms with Gasteiger partial charge in [0, 0.05) is 6.54 Å². The smallest absolute Gasteiger partial charge is 0.418 e. The second kappa shape index (κ2) is 5.58. The Hall–Kier alpha value is -2.44. The summed E-state index contributed by atoms with van der Waals surface area (Å²) in [5, 5.41) is 0. The maximum atomic E-state index is 13.5. The molecule has 0 radical (unpaired) electrons. The second-order valence-electron chi connectivity index (χ2n) is 6.63. The van der Waals surface area contributed by atoms with Crippen molar-refractivity contribution >= 4 is 17.9 Å². The maximum Gasteiger partial charge on any atom is 0.418 e. The molecule has 0 bridgehead atoms. The number of amides is 3. The first-order valence-electron chi connectivity index (χ1n) is 7.83. The van der Waals surface area contributed by atoms with Gasteiger partial charge in [0.2, 0.25) is 5.91 Å². The van der Waals surface area contributed by atoms with E-state index >= 15 is 0 Å². The molecule has 24 heavy (non-hydrogen) atoms. The highest BCUT2D eigenvalue weighted by Crippen LogP contribution is 2.31. The van der Waals surface area contributed by atoms with Crippen molar-refractivity contribution in [1.29, 1.82) is 0 Å². The first-order valence-corrected chi connectivity index (χ1v) is 7.83. The number of rotatable bonds is 2. The number of carbonyl (C=O) groups excluding carboxylic acids is 3. The van der Waals surface area contributed by atoms with Gasteiger partial charge in [-0.3, -0.25) is 9.59 Å². The summed E-state index contributed by atoms with van der Waals surface area (Å²) in [6, 6.07) is 4.24. The lowest BCUT2D eigenvalue weighted by Gasteiger charge is -2.35. The minimum Gasteiger partial charge on any atom is -0.433 e. The fraction of sp³-hybridized carbons (Fsp3) is 0.471. The van der Waals surface area contributed by atoms with E-state index in [2.05, 4.69) is 0 Å². The van der Waals surface area contributed by atoms with Crippen molar-refractivity contribution in [2.75, 3.05) is 13.1 Å². The molecule has 6 nitrogen and oxygen atoms in total. The van der Waals surface area contributed by atoms with Crippen LogP contribution in [0.25, 0.3) is 0 Å². The Morgan fingerprint density at radius 1 is 1.38 bits per heavy atom. The highest BCUT2D eigenvalue weighted by atomic mass is 19.1. The zero-order valence-electron chi connectivity index (χ0n) is 13.8. The van der Waals surface area contributed by atoms with Crippen LogP contribution < -0.4 is 0 Å². The van der Waals surface area contributed by atoms with Crippen molar-refractivity contribution in [2.24, 2.45) is 0 Å². The monoisotopic (exact) mass is 334 g/mol. The number of benzene rings is 1. The molecule has 0 spiro atoms. The first kappa shape index (κ1) is 16.4. The molecule has 0 aliphatic carbocycles. The molecule has 2 heterocycles. The molecule has 0 unspecified atom stereocenters. The van der Waals surface area contributed by atoms with Crippen molar-refractivity contribution in [3.63, 3.8) is 0 Å². The Morgan fingerprint density at radius 2 is 2.08 bits per heavy atom. The van der Waals surface area contributed by atoms with Crippen LogP contribution in [0.2, 0.25) is 0 Å². The molecule has 3 rings (SSSR count). The molecule has 0 saturated carbocycles. The summed E-state index contributed by atoms with van der Waals surface area (Å²) >= 11 is 0. The molecule has 0 N–H and O–H groups in total. The van der Waals surface area contributed by atoms with Crippen LogP contribution in [-0.4, -0.2) is 46.4 Å². The van der Waals surface area contributed by atoms with Gasteiger partial charge in [-0.1, -0.05) is 6.07 Å². The van der Waals surface area contributed by atoms with E-state index in [4.69, 9.17) is 4.74 Å². The van der Waals surface area contributed by atoms with Gasteiger partial charge in [0.1, 0.15) is 12.4 Å². The molecule has 1 aromatic carbocycles. The number of halogens is 1. The number of carbonyl (C=O) groups is 3. The van der Waals surface area contributed by atoms with E-state index < -0.39 is 17.6 Å². The number of hydrogen-bond donors (Lipinski definition) is 0. The van der Waals surface area contributed by atoms with Gasteiger partial charge in [-0.2, -0.15) is 0 Å². The van der Waals surface area contributed by atoms with Crippen LogP contribution >= 0.6 is 0 Å². The number of nitrogens with zero attached hydrogens (tertiary/aromatic N) is 2. The topological polar surface area (TPSA) is 66.9 Å². The summed E-state index contributed by atoms with van der Waals surface area (Å²) < 4.78 is 18.5. The predicted molar refractivity (Wildman–Crippen MR) is 82.5 cm³/mol. The van der Waals surface area contributed by atoms with E-state index in [0.717, 1.165) is 16.0 Å². The lowest BCUT2D eigenvalue weighted by Crippen LogP contribution is -2.47. The molecule has 2 aliphatic heterocycles. The van der Waals surface area contributed by atoms with Gasteiger partial charge in [-0.25, -0.2) is 14.1 Å². The van der Waals surface area contributed by atoms with E-state index in [-0.39, 0.29) is 24.3 Å². The summed E-state index contributed by atoms with van der Waals surface area (Å²) in [7, 11) is 0. The van der Waals surface area contributed by atoms with Gasteiger partial charge < -0.3 is 9.64 Å². The van der Waals surface area contributed by atoms with Crippen LogP contribution in [-0.2, 0) is 20.7 Å². The Morgan fingerprint density at radius 3 is 2.71 bits per heavy atom. The number of hydrogen-bond acceptors (Lipinski definition) is 4. The van der Waals surface area contributed by atoms with E-state index in [1.165, 1.54) is 26.0 Å². The zero-order chi connectivity index (χ0) is 17.6. The van der Waals surface area contributed by atoms with Gasteiger partial charge >= 0.3 is 6.09 Å². The molecule has 7 heteroatoms. The molecule has 1 aromatic rings. The van der Waals surface area contributed by atoms with Crippen molar-refractivity contribution < 1.29 is 23.5 Å². The van der Waals surface area contributed by atoms with Crippen LogP contribution in [0.1, 0.15) is 37.9 Å². The molecular weight excluding hydrogens is 315 g/mol. The highest BCUT2D eigenvalue weighted by molar-refractivity contribution is 6.04. The second-order valence-corrected chi connectivity index (χ2v) is 6.63. The molecule has 0 aromatic heterocycles. The SMILES string of the molecule is C[C@H]1c2cc(F)ccc2CCN1C(=O)CN1C(=O)OC(C)(C)C1=O. The lowest BCUT2D eigenvalue weighted by atomic mass is 9.93. The van der Waals surface area contributed by atoms with E-state index in [1.807, 2.05) is 6.92 Å². The number of cyclic esters (lactones) is 1. The normalized spacial score (nSPS) is 22.4. The van der Waals surface area contributed by atoms with Gasteiger partial charge in [0.25, 0.3) is 5.91 Å². The lowest BCUT2D eigenvalue weighted by molar-refractivity contribution is -0.141. The predicted octanol–water partition coefficient (Wildman–Crippen LogP) is 2.03.